The number of hydrogen-bond acceptors (Lipinski definition) is 4. The molecule has 4 N–H and O–H groups in total. The van der Waals surface area contributed by atoms with Gasteiger partial charge in [-0.25, -0.2) is 4.79 Å². The number of rotatable bonds is 10. The van der Waals surface area contributed by atoms with Gasteiger partial charge in [0.15, 0.2) is 0 Å². The Hall–Kier alpha value is -1.83. The molecule has 0 rings (SSSR count). The van der Waals surface area contributed by atoms with Crippen LogP contribution in [0.3, 0.4) is 0 Å². The van der Waals surface area contributed by atoms with Crippen molar-refractivity contribution in [2.24, 2.45) is 0 Å². The SMILES string of the molecule is COCCNC(=O)C(C)NC(=O)NCCCCC(=O)O. The van der Waals surface area contributed by atoms with Gasteiger partial charge in [-0.3, -0.25) is 9.59 Å². The highest BCUT2D eigenvalue weighted by Gasteiger charge is 2.14. The molecule has 0 spiro atoms. The molecule has 20 heavy (non-hydrogen) atoms. The summed E-state index contributed by atoms with van der Waals surface area (Å²) in [4.78, 5) is 33.2. The first-order valence-corrected chi connectivity index (χ1v) is 6.50. The van der Waals surface area contributed by atoms with Crippen LogP contribution >= 0.6 is 0 Å². The van der Waals surface area contributed by atoms with Gasteiger partial charge in [-0.2, -0.15) is 0 Å². The number of ether oxygens (including phenoxy) is 1. The molecule has 0 heterocycles. The lowest BCUT2D eigenvalue weighted by atomic mass is 10.2. The molecule has 3 amide bonds. The minimum atomic E-state index is -0.851. The van der Waals surface area contributed by atoms with E-state index in [1.54, 1.807) is 6.92 Å². The van der Waals surface area contributed by atoms with Crippen LogP contribution in [0.15, 0.2) is 0 Å². The Bertz CT molecular complexity index is 322. The van der Waals surface area contributed by atoms with Crippen molar-refractivity contribution in [2.45, 2.75) is 32.2 Å². The minimum absolute atomic E-state index is 0.0849. The van der Waals surface area contributed by atoms with Crippen LogP contribution in [-0.2, 0) is 14.3 Å². The Balaban J connectivity index is 3.68. The Kier molecular flexibility index (Phi) is 10.0. The molecule has 0 aromatic rings. The molecule has 8 heteroatoms. The van der Waals surface area contributed by atoms with Gasteiger partial charge in [0.25, 0.3) is 0 Å². The predicted molar refractivity (Wildman–Crippen MR) is 72.4 cm³/mol. The van der Waals surface area contributed by atoms with Gasteiger partial charge in [-0.05, 0) is 19.8 Å². The zero-order valence-corrected chi connectivity index (χ0v) is 11.9. The van der Waals surface area contributed by atoms with Gasteiger partial charge in [0.2, 0.25) is 5.91 Å². The number of carboxylic acid groups (broad SMARTS) is 1. The van der Waals surface area contributed by atoms with Crippen molar-refractivity contribution in [3.63, 3.8) is 0 Å². The first kappa shape index (κ1) is 18.2. The fraction of sp³-hybridized carbons (Fsp3) is 0.750. The van der Waals surface area contributed by atoms with Gasteiger partial charge >= 0.3 is 12.0 Å². The minimum Gasteiger partial charge on any atom is -0.481 e. The van der Waals surface area contributed by atoms with Gasteiger partial charge in [-0.15, -0.1) is 0 Å². The number of methoxy groups -OCH3 is 1. The van der Waals surface area contributed by atoms with Gasteiger partial charge < -0.3 is 25.8 Å². The van der Waals surface area contributed by atoms with Crippen molar-refractivity contribution >= 4 is 17.9 Å². The molecule has 1 atom stereocenters. The number of carbonyl (C=O) groups excluding carboxylic acids is 2. The number of nitrogens with one attached hydrogen (secondary N) is 3. The Labute approximate surface area is 118 Å². The maximum atomic E-state index is 11.5. The molecule has 0 aliphatic carbocycles. The number of hydrogen-bond donors (Lipinski definition) is 4. The monoisotopic (exact) mass is 289 g/mol. The Morgan fingerprint density at radius 1 is 1.15 bits per heavy atom. The summed E-state index contributed by atoms with van der Waals surface area (Å²) in [5.41, 5.74) is 0. The predicted octanol–water partition coefficient (Wildman–Crippen LogP) is -0.308. The summed E-state index contributed by atoms with van der Waals surface area (Å²) in [5, 5.41) is 16.1. The number of aliphatic carboxylic acids is 1. The van der Waals surface area contributed by atoms with Crippen LogP contribution in [0.1, 0.15) is 26.2 Å². The lowest BCUT2D eigenvalue weighted by Gasteiger charge is -2.14. The average molecular weight is 289 g/mol. The number of urea groups is 1. The molecule has 8 nitrogen and oxygen atoms in total. The number of carbonyl (C=O) groups is 3. The van der Waals surface area contributed by atoms with Crippen LogP contribution in [0.5, 0.6) is 0 Å². The van der Waals surface area contributed by atoms with E-state index in [1.807, 2.05) is 0 Å². The summed E-state index contributed by atoms with van der Waals surface area (Å²) >= 11 is 0. The van der Waals surface area contributed by atoms with Crippen LogP contribution in [0.4, 0.5) is 4.79 Å². The quantitative estimate of drug-likeness (QED) is 0.412. The first-order valence-electron chi connectivity index (χ1n) is 6.50. The van der Waals surface area contributed by atoms with E-state index >= 15 is 0 Å². The normalized spacial score (nSPS) is 11.5. The van der Waals surface area contributed by atoms with Crippen LogP contribution in [0.25, 0.3) is 0 Å². The van der Waals surface area contributed by atoms with Crippen molar-refractivity contribution in [3.05, 3.63) is 0 Å². The van der Waals surface area contributed by atoms with E-state index in [2.05, 4.69) is 16.0 Å². The van der Waals surface area contributed by atoms with E-state index in [9.17, 15) is 14.4 Å². The first-order chi connectivity index (χ1) is 9.47. The molecule has 0 saturated heterocycles. The van der Waals surface area contributed by atoms with E-state index in [-0.39, 0.29) is 12.3 Å². The van der Waals surface area contributed by atoms with Gasteiger partial charge in [0.05, 0.1) is 6.61 Å². The maximum Gasteiger partial charge on any atom is 0.315 e. The molecule has 0 aromatic heterocycles. The third-order valence-corrected chi connectivity index (χ3v) is 2.45. The van der Waals surface area contributed by atoms with Gasteiger partial charge in [0, 0.05) is 26.6 Å². The van der Waals surface area contributed by atoms with Crippen molar-refractivity contribution in [3.8, 4) is 0 Å². The maximum absolute atomic E-state index is 11.5. The third kappa shape index (κ3) is 10.1. The van der Waals surface area contributed by atoms with Crippen molar-refractivity contribution in [1.82, 2.24) is 16.0 Å². The molecule has 0 bridgehead atoms. The molecular formula is C12H23N3O5. The van der Waals surface area contributed by atoms with E-state index in [4.69, 9.17) is 9.84 Å². The van der Waals surface area contributed by atoms with Crippen molar-refractivity contribution in [1.29, 1.82) is 0 Å². The standard InChI is InChI=1S/C12H23N3O5/c1-9(11(18)13-7-8-20-2)15-12(19)14-6-4-3-5-10(16)17/h9H,3-8H2,1-2H3,(H,13,18)(H,16,17)(H2,14,15,19). The van der Waals surface area contributed by atoms with Crippen molar-refractivity contribution in [2.75, 3.05) is 26.8 Å². The number of amides is 3. The van der Waals surface area contributed by atoms with Crippen LogP contribution in [-0.4, -0.2) is 55.9 Å². The van der Waals surface area contributed by atoms with Gasteiger partial charge in [0.1, 0.15) is 6.04 Å². The molecular weight excluding hydrogens is 266 g/mol. The lowest BCUT2D eigenvalue weighted by molar-refractivity contribution is -0.137. The van der Waals surface area contributed by atoms with Crippen molar-refractivity contribution < 1.29 is 24.2 Å². The highest BCUT2D eigenvalue weighted by molar-refractivity contribution is 5.86. The lowest BCUT2D eigenvalue weighted by Crippen LogP contribution is -2.49. The average Bonchev–Trinajstić information content (AvgIpc) is 2.38. The smallest absolute Gasteiger partial charge is 0.315 e. The van der Waals surface area contributed by atoms with E-state index in [0.717, 1.165) is 0 Å². The molecule has 0 fully saturated rings. The van der Waals surface area contributed by atoms with Gasteiger partial charge in [-0.1, -0.05) is 0 Å². The third-order valence-electron chi connectivity index (χ3n) is 2.45. The van der Waals surface area contributed by atoms with Crippen LogP contribution in [0, 0.1) is 0 Å². The highest BCUT2D eigenvalue weighted by atomic mass is 16.5. The number of unbranched alkanes of at least 4 members (excludes halogenated alkanes) is 1. The van der Waals surface area contributed by atoms with E-state index < -0.39 is 18.0 Å². The fourth-order valence-electron chi connectivity index (χ4n) is 1.35. The zero-order chi connectivity index (χ0) is 15.4. The molecule has 0 aliphatic rings. The topological polar surface area (TPSA) is 117 Å². The summed E-state index contributed by atoms with van der Waals surface area (Å²) < 4.78 is 4.79. The van der Waals surface area contributed by atoms with Crippen LogP contribution < -0.4 is 16.0 Å². The summed E-state index contributed by atoms with van der Waals surface area (Å²) in [7, 11) is 1.53. The van der Waals surface area contributed by atoms with Crippen LogP contribution in [0.2, 0.25) is 0 Å². The zero-order valence-electron chi connectivity index (χ0n) is 11.9. The second kappa shape index (κ2) is 11.0. The summed E-state index contributed by atoms with van der Waals surface area (Å²) in [6.07, 6.45) is 1.17. The molecule has 0 aliphatic heterocycles. The summed E-state index contributed by atoms with van der Waals surface area (Å²) in [6, 6.07) is -1.10. The largest absolute Gasteiger partial charge is 0.481 e. The highest BCUT2D eigenvalue weighted by Crippen LogP contribution is 1.93. The molecule has 116 valence electrons. The van der Waals surface area contributed by atoms with E-state index in [0.29, 0.717) is 32.5 Å². The Morgan fingerprint density at radius 3 is 2.45 bits per heavy atom. The second-order valence-electron chi connectivity index (χ2n) is 4.26. The Morgan fingerprint density at radius 2 is 1.85 bits per heavy atom. The molecule has 0 aromatic carbocycles. The molecule has 0 saturated carbocycles. The number of carboxylic acids is 1. The molecule has 1 unspecified atom stereocenters. The van der Waals surface area contributed by atoms with E-state index in [1.165, 1.54) is 7.11 Å². The summed E-state index contributed by atoms with van der Waals surface area (Å²) in [5.74, 6) is -1.14. The molecule has 0 radical (unpaired) electrons. The summed E-state index contributed by atoms with van der Waals surface area (Å²) in [6.45, 7) is 2.75. The fourth-order valence-corrected chi connectivity index (χ4v) is 1.35. The second-order valence-corrected chi connectivity index (χ2v) is 4.26.